The highest BCUT2D eigenvalue weighted by molar-refractivity contribution is 6.34. The van der Waals surface area contributed by atoms with Gasteiger partial charge in [0.1, 0.15) is 18.3 Å². The molecule has 3 unspecified atom stereocenters. The van der Waals surface area contributed by atoms with Crippen LogP contribution >= 0.6 is 11.6 Å². The second-order valence-corrected chi connectivity index (χ2v) is 12.1. The molecule has 0 spiro atoms. The lowest BCUT2D eigenvalue weighted by atomic mass is 9.74. The normalized spacial score (nSPS) is 26.9. The maximum Gasteiger partial charge on any atom is 0.418 e. The van der Waals surface area contributed by atoms with Crippen molar-refractivity contribution in [1.29, 1.82) is 5.26 Å². The van der Waals surface area contributed by atoms with E-state index in [1.807, 2.05) is 0 Å². The molecule has 0 amide bonds. The molecule has 0 aromatic carbocycles. The lowest BCUT2D eigenvalue weighted by Crippen LogP contribution is -2.57. The van der Waals surface area contributed by atoms with Crippen LogP contribution in [0.2, 0.25) is 0 Å². The van der Waals surface area contributed by atoms with Gasteiger partial charge in [-0.1, -0.05) is 11.6 Å². The number of ether oxygens (including phenoxy) is 1. The molecular formula is C27H30ClF4N7O. The number of anilines is 1. The van der Waals surface area contributed by atoms with Gasteiger partial charge in [0.05, 0.1) is 39.4 Å². The van der Waals surface area contributed by atoms with Crippen LogP contribution in [0.4, 0.5) is 23.4 Å². The highest BCUT2D eigenvalue weighted by Crippen LogP contribution is 2.53. The first kappa shape index (κ1) is 28.4. The summed E-state index contributed by atoms with van der Waals surface area (Å²) >= 11 is 6.65. The van der Waals surface area contributed by atoms with Gasteiger partial charge in [0.25, 0.3) is 0 Å². The molecule has 1 aromatic rings. The summed E-state index contributed by atoms with van der Waals surface area (Å²) in [6, 6.07) is 3.49. The topological polar surface area (TPSA) is 112 Å². The van der Waals surface area contributed by atoms with Crippen molar-refractivity contribution in [2.24, 2.45) is 20.8 Å². The molecule has 214 valence electrons. The molecule has 0 saturated carbocycles. The van der Waals surface area contributed by atoms with Crippen molar-refractivity contribution >= 4 is 34.8 Å². The van der Waals surface area contributed by atoms with Gasteiger partial charge >= 0.3 is 12.2 Å². The molecule has 2 fully saturated rings. The third kappa shape index (κ3) is 4.94. The fraction of sp³-hybridized carbons (Fsp3) is 0.556. The minimum Gasteiger partial charge on any atom is -0.462 e. The average Bonchev–Trinajstić information content (AvgIpc) is 3.18. The number of pyridine rings is 1. The number of nitriles is 1. The summed E-state index contributed by atoms with van der Waals surface area (Å²) < 4.78 is 64.9. The Morgan fingerprint density at radius 2 is 1.90 bits per heavy atom. The van der Waals surface area contributed by atoms with Crippen molar-refractivity contribution in [2.75, 3.05) is 25.4 Å². The molecule has 40 heavy (non-hydrogen) atoms. The molecule has 2 bridgehead atoms. The number of nitrogens with two attached hydrogens (primary N) is 1. The number of rotatable bonds is 3. The number of nitrogen functional groups attached to an aromatic ring is 1. The average molecular weight is 580 g/mol. The zero-order valence-corrected chi connectivity index (χ0v) is 23.3. The van der Waals surface area contributed by atoms with Gasteiger partial charge in [-0.3, -0.25) is 0 Å². The van der Waals surface area contributed by atoms with Crippen LogP contribution in [0.5, 0.6) is 0 Å². The van der Waals surface area contributed by atoms with Crippen LogP contribution in [0.25, 0.3) is 5.57 Å². The molecular weight excluding hydrogens is 550 g/mol. The lowest BCUT2D eigenvalue weighted by Gasteiger charge is -2.45. The van der Waals surface area contributed by atoms with Crippen LogP contribution in [0.1, 0.15) is 56.9 Å². The molecule has 1 aliphatic carbocycles. The Balaban J connectivity index is 1.66. The Morgan fingerprint density at radius 3 is 2.50 bits per heavy atom. The Morgan fingerprint density at radius 1 is 1.25 bits per heavy atom. The fourth-order valence-electron chi connectivity index (χ4n) is 5.85. The van der Waals surface area contributed by atoms with Gasteiger partial charge in [-0.15, -0.1) is 0 Å². The summed E-state index contributed by atoms with van der Waals surface area (Å²) in [7, 11) is 0. The molecule has 4 aliphatic rings. The second-order valence-electron chi connectivity index (χ2n) is 11.7. The number of aromatic nitrogens is 1. The fourth-order valence-corrected chi connectivity index (χ4v) is 6.29. The van der Waals surface area contributed by atoms with E-state index in [0.717, 1.165) is 18.9 Å². The van der Waals surface area contributed by atoms with Crippen LogP contribution in [0, 0.1) is 29.1 Å². The van der Waals surface area contributed by atoms with Crippen LogP contribution in [0.15, 0.2) is 32.6 Å². The van der Waals surface area contributed by atoms with E-state index in [9.17, 15) is 18.4 Å². The number of nitrogens with one attached hydrogen (secondary N) is 1. The number of fused-ring (bicyclic) bond motifs is 3. The van der Waals surface area contributed by atoms with Gasteiger partial charge in [-0.25, -0.2) is 9.37 Å². The second kappa shape index (κ2) is 9.73. The van der Waals surface area contributed by atoms with Crippen molar-refractivity contribution in [2.45, 2.75) is 65.2 Å². The maximum absolute atomic E-state index is 16.6. The molecule has 3 aliphatic heterocycles. The van der Waals surface area contributed by atoms with Crippen LogP contribution < -0.4 is 11.1 Å². The van der Waals surface area contributed by atoms with E-state index in [0.29, 0.717) is 18.9 Å². The number of likely N-dealkylation sites (tertiary alicyclic amines) is 1. The molecule has 4 heterocycles. The largest absolute Gasteiger partial charge is 0.462 e. The summed E-state index contributed by atoms with van der Waals surface area (Å²) in [6.45, 7) is 7.46. The van der Waals surface area contributed by atoms with Gasteiger partial charge in [0.15, 0.2) is 5.83 Å². The minimum atomic E-state index is -4.84. The highest BCUT2D eigenvalue weighted by atomic mass is 35.5. The van der Waals surface area contributed by atoms with Crippen molar-refractivity contribution in [3.8, 4) is 6.07 Å². The first-order valence-corrected chi connectivity index (χ1v) is 13.4. The molecule has 3 N–H and O–H groups in total. The van der Waals surface area contributed by atoms with Gasteiger partial charge in [-0.05, 0) is 52.2 Å². The van der Waals surface area contributed by atoms with Crippen molar-refractivity contribution in [3.05, 3.63) is 39.4 Å². The molecule has 8 nitrogen and oxygen atoms in total. The lowest BCUT2D eigenvalue weighted by molar-refractivity contribution is -0.138. The summed E-state index contributed by atoms with van der Waals surface area (Å²) in [4.78, 5) is 15.0. The molecule has 2 saturated heterocycles. The first-order valence-electron chi connectivity index (χ1n) is 13.0. The SMILES string of the molecule is Cc1cc(N)nc(C2=C(Cl)CC3(C)C(N4CC5CCC(C4)N5)=NC(OCC(C)(C)C#N)=NC3=C2F)c1C(F)(F)F. The van der Waals surface area contributed by atoms with E-state index in [-0.39, 0.29) is 53.2 Å². The maximum atomic E-state index is 16.6. The van der Waals surface area contributed by atoms with Crippen LogP contribution in [0.3, 0.4) is 0 Å². The Bertz CT molecular complexity index is 1410. The number of hydrogen-bond acceptors (Lipinski definition) is 8. The Labute approximate surface area is 234 Å². The zero-order valence-electron chi connectivity index (χ0n) is 22.6. The highest BCUT2D eigenvalue weighted by Gasteiger charge is 2.51. The van der Waals surface area contributed by atoms with E-state index in [2.05, 4.69) is 31.3 Å². The van der Waals surface area contributed by atoms with E-state index in [1.165, 1.54) is 6.92 Å². The van der Waals surface area contributed by atoms with Crippen molar-refractivity contribution in [1.82, 2.24) is 15.2 Å². The number of amidine groups is 2. The first-order chi connectivity index (χ1) is 18.6. The smallest absolute Gasteiger partial charge is 0.418 e. The number of allylic oxidation sites excluding steroid dienone is 3. The quantitative estimate of drug-likeness (QED) is 0.470. The van der Waals surface area contributed by atoms with Crippen molar-refractivity contribution < 1.29 is 22.3 Å². The number of halogens is 5. The van der Waals surface area contributed by atoms with E-state index >= 15 is 4.39 Å². The molecule has 13 heteroatoms. The van der Waals surface area contributed by atoms with Gasteiger partial charge in [-0.2, -0.15) is 28.4 Å². The Kier molecular flexibility index (Phi) is 6.90. The summed E-state index contributed by atoms with van der Waals surface area (Å²) in [5.41, 5.74) is 1.08. The van der Waals surface area contributed by atoms with Gasteiger partial charge < -0.3 is 20.7 Å². The molecule has 1 aromatic heterocycles. The minimum absolute atomic E-state index is 0.0575. The monoisotopic (exact) mass is 579 g/mol. The van der Waals surface area contributed by atoms with E-state index in [4.69, 9.17) is 22.1 Å². The summed E-state index contributed by atoms with van der Waals surface area (Å²) in [5.74, 6) is -0.772. The Hall–Kier alpha value is -3.17. The van der Waals surface area contributed by atoms with Crippen molar-refractivity contribution in [3.63, 3.8) is 0 Å². The van der Waals surface area contributed by atoms with E-state index < -0.39 is 39.7 Å². The number of nitrogens with zero attached hydrogens (tertiary/aromatic N) is 5. The van der Waals surface area contributed by atoms with Crippen LogP contribution in [-0.4, -0.2) is 53.5 Å². The van der Waals surface area contributed by atoms with Crippen LogP contribution in [-0.2, 0) is 10.9 Å². The molecule has 3 atom stereocenters. The number of hydrogen-bond donors (Lipinski definition) is 2. The van der Waals surface area contributed by atoms with Gasteiger partial charge in [0, 0.05) is 36.6 Å². The number of aryl methyl sites for hydroxylation is 1. The molecule has 0 radical (unpaired) electrons. The summed E-state index contributed by atoms with van der Waals surface area (Å²) in [6.07, 6.45) is -2.92. The number of alkyl halides is 3. The van der Waals surface area contributed by atoms with E-state index in [1.54, 1.807) is 20.8 Å². The number of aliphatic imine (C=N–C) groups is 2. The number of piperazine rings is 1. The standard InChI is InChI=1S/C27H30ClF4N7O/c1-13-7-17(34)36-21(19(13)27(30,31)32)18-16(28)8-26(4)22(20(18)29)37-24(40-12-25(2,3)11-33)38-23(26)39-9-14-5-6-15(10-39)35-14/h7,14-15,35H,5-6,8-10,12H2,1-4H3,(H2,34,36). The third-order valence-corrected chi connectivity index (χ3v) is 8.09. The predicted octanol–water partition coefficient (Wildman–Crippen LogP) is 5.30. The summed E-state index contributed by atoms with van der Waals surface area (Å²) in [5, 5.41) is 12.8. The van der Waals surface area contributed by atoms with Gasteiger partial charge in [0.2, 0.25) is 0 Å². The molecule has 5 rings (SSSR count). The third-order valence-electron chi connectivity index (χ3n) is 7.77. The predicted molar refractivity (Wildman–Crippen MR) is 144 cm³/mol. The zero-order chi connectivity index (χ0) is 29.2.